The minimum Gasteiger partial charge on any atom is -0.314 e. The lowest BCUT2D eigenvalue weighted by Crippen LogP contribution is -2.51. The van der Waals surface area contributed by atoms with Gasteiger partial charge in [0.25, 0.3) is 0 Å². The molecule has 19 heavy (non-hydrogen) atoms. The number of aromatic nitrogens is 2. The summed E-state index contributed by atoms with van der Waals surface area (Å²) in [6.07, 6.45) is 0. The summed E-state index contributed by atoms with van der Waals surface area (Å²) in [4.78, 5) is 11.6. The molecule has 4 nitrogen and oxygen atoms in total. The van der Waals surface area contributed by atoms with Crippen LogP contribution in [-0.4, -0.2) is 41.0 Å². The van der Waals surface area contributed by atoms with Crippen LogP contribution in [-0.2, 0) is 5.54 Å². The molecule has 0 aromatic carbocycles. The van der Waals surface area contributed by atoms with E-state index in [1.807, 2.05) is 5.51 Å². The molecule has 1 fully saturated rings. The first kappa shape index (κ1) is 13.2. The first-order valence-electron chi connectivity index (χ1n) is 6.48. The van der Waals surface area contributed by atoms with Crippen molar-refractivity contribution in [3.63, 3.8) is 0 Å². The van der Waals surface area contributed by atoms with Gasteiger partial charge in [-0.3, -0.25) is 4.90 Å². The molecule has 0 saturated carbocycles. The molecule has 1 aliphatic heterocycles. The Hall–Kier alpha value is -0.820. The van der Waals surface area contributed by atoms with Gasteiger partial charge in [0.05, 0.1) is 11.0 Å². The minimum absolute atomic E-state index is 0.00103. The maximum Gasteiger partial charge on any atom is 0.113 e. The fraction of sp³-hybridized carbons (Fsp3) is 0.538. The van der Waals surface area contributed by atoms with E-state index in [4.69, 9.17) is 4.98 Å². The summed E-state index contributed by atoms with van der Waals surface area (Å²) in [6.45, 7) is 8.82. The van der Waals surface area contributed by atoms with Crippen LogP contribution in [0.25, 0.3) is 11.4 Å². The van der Waals surface area contributed by atoms with Crippen molar-refractivity contribution in [2.24, 2.45) is 0 Å². The van der Waals surface area contributed by atoms with E-state index in [-0.39, 0.29) is 5.54 Å². The number of thiazole rings is 2. The lowest BCUT2D eigenvalue weighted by molar-refractivity contribution is 0.102. The van der Waals surface area contributed by atoms with Gasteiger partial charge < -0.3 is 5.32 Å². The zero-order valence-corrected chi connectivity index (χ0v) is 12.9. The van der Waals surface area contributed by atoms with Crippen molar-refractivity contribution in [2.45, 2.75) is 19.4 Å². The average Bonchev–Trinajstić information content (AvgIpc) is 3.10. The van der Waals surface area contributed by atoms with Crippen molar-refractivity contribution in [2.75, 3.05) is 26.2 Å². The third-order valence-corrected chi connectivity index (χ3v) is 5.37. The van der Waals surface area contributed by atoms with Crippen molar-refractivity contribution < 1.29 is 0 Å². The molecular weight excluding hydrogens is 276 g/mol. The van der Waals surface area contributed by atoms with Crippen LogP contribution in [0.2, 0.25) is 0 Å². The van der Waals surface area contributed by atoms with Gasteiger partial charge in [0.2, 0.25) is 0 Å². The Bertz CT molecular complexity index is 527. The van der Waals surface area contributed by atoms with E-state index in [1.165, 1.54) is 5.01 Å². The third-order valence-electron chi connectivity index (χ3n) is 3.63. The van der Waals surface area contributed by atoms with Crippen LogP contribution in [0.4, 0.5) is 0 Å². The molecule has 6 heteroatoms. The predicted molar refractivity (Wildman–Crippen MR) is 80.7 cm³/mol. The Labute approximate surface area is 121 Å². The topological polar surface area (TPSA) is 41.1 Å². The molecule has 0 amide bonds. The van der Waals surface area contributed by atoms with E-state index >= 15 is 0 Å². The van der Waals surface area contributed by atoms with Crippen LogP contribution in [0.15, 0.2) is 16.3 Å². The van der Waals surface area contributed by atoms with Gasteiger partial charge in [-0.25, -0.2) is 9.97 Å². The Balaban J connectivity index is 1.84. The summed E-state index contributed by atoms with van der Waals surface area (Å²) in [5, 5.41) is 8.75. The monoisotopic (exact) mass is 294 g/mol. The molecule has 0 atom stereocenters. The predicted octanol–water partition coefficient (Wildman–Crippen LogP) is 2.41. The summed E-state index contributed by atoms with van der Waals surface area (Å²) in [6, 6.07) is 0. The molecule has 3 rings (SSSR count). The van der Waals surface area contributed by atoms with Crippen LogP contribution in [0.3, 0.4) is 0 Å². The zero-order chi connectivity index (χ0) is 13.3. The molecule has 2 aromatic rings. The Kier molecular flexibility index (Phi) is 3.66. The van der Waals surface area contributed by atoms with E-state index in [0.29, 0.717) is 0 Å². The second-order valence-corrected chi connectivity index (χ2v) is 6.78. The molecule has 0 spiro atoms. The molecule has 102 valence electrons. The quantitative estimate of drug-likeness (QED) is 0.944. The second-order valence-electron chi connectivity index (χ2n) is 5.21. The van der Waals surface area contributed by atoms with Crippen molar-refractivity contribution >= 4 is 22.7 Å². The van der Waals surface area contributed by atoms with E-state index in [2.05, 4.69) is 39.8 Å². The second kappa shape index (κ2) is 5.28. The summed E-state index contributed by atoms with van der Waals surface area (Å²) in [5.74, 6) is 0. The van der Waals surface area contributed by atoms with Gasteiger partial charge in [-0.05, 0) is 13.8 Å². The van der Waals surface area contributed by atoms with Crippen molar-refractivity contribution in [3.8, 4) is 11.4 Å². The number of rotatable bonds is 3. The fourth-order valence-electron chi connectivity index (χ4n) is 2.37. The Morgan fingerprint density at radius 3 is 2.68 bits per heavy atom. The highest BCUT2D eigenvalue weighted by Gasteiger charge is 2.32. The molecule has 2 aromatic heterocycles. The molecule has 1 aliphatic rings. The van der Waals surface area contributed by atoms with Gasteiger partial charge in [0.1, 0.15) is 16.4 Å². The molecule has 1 saturated heterocycles. The van der Waals surface area contributed by atoms with Gasteiger partial charge in [-0.15, -0.1) is 22.7 Å². The van der Waals surface area contributed by atoms with Gasteiger partial charge in [-0.1, -0.05) is 0 Å². The largest absolute Gasteiger partial charge is 0.314 e. The van der Waals surface area contributed by atoms with Crippen molar-refractivity contribution in [1.82, 2.24) is 20.2 Å². The molecular formula is C13H18N4S2. The smallest absolute Gasteiger partial charge is 0.113 e. The highest BCUT2D eigenvalue weighted by Crippen LogP contribution is 2.33. The van der Waals surface area contributed by atoms with Crippen molar-refractivity contribution in [1.29, 1.82) is 0 Å². The third kappa shape index (κ3) is 2.58. The zero-order valence-electron chi connectivity index (χ0n) is 11.2. The van der Waals surface area contributed by atoms with Gasteiger partial charge >= 0.3 is 0 Å². The molecule has 0 unspecified atom stereocenters. The average molecular weight is 294 g/mol. The van der Waals surface area contributed by atoms with Gasteiger partial charge in [0.15, 0.2) is 0 Å². The lowest BCUT2D eigenvalue weighted by atomic mass is 10.0. The van der Waals surface area contributed by atoms with Gasteiger partial charge in [0, 0.05) is 36.9 Å². The van der Waals surface area contributed by atoms with E-state index in [9.17, 15) is 0 Å². The normalized spacial score (nSPS) is 17.8. The standard InChI is InChI=1S/C13H18N4S2/c1-13(2,17-5-3-14-4-6-17)12-16-11(8-19-12)10-7-18-9-15-10/h7-9,14H,3-6H2,1-2H3. The number of nitrogens with zero attached hydrogens (tertiary/aromatic N) is 3. The van der Waals surface area contributed by atoms with Crippen LogP contribution in [0.5, 0.6) is 0 Å². The number of hydrogen-bond acceptors (Lipinski definition) is 6. The Morgan fingerprint density at radius 1 is 1.21 bits per heavy atom. The highest BCUT2D eigenvalue weighted by molar-refractivity contribution is 7.10. The summed E-state index contributed by atoms with van der Waals surface area (Å²) >= 11 is 3.35. The van der Waals surface area contributed by atoms with Crippen molar-refractivity contribution in [3.05, 3.63) is 21.3 Å². The highest BCUT2D eigenvalue weighted by atomic mass is 32.1. The first-order valence-corrected chi connectivity index (χ1v) is 8.30. The van der Waals surface area contributed by atoms with E-state index < -0.39 is 0 Å². The maximum absolute atomic E-state index is 4.80. The fourth-order valence-corrected chi connectivity index (χ4v) is 3.88. The lowest BCUT2D eigenvalue weighted by Gasteiger charge is -2.39. The van der Waals surface area contributed by atoms with Gasteiger partial charge in [-0.2, -0.15) is 0 Å². The van der Waals surface area contributed by atoms with Crippen LogP contribution in [0.1, 0.15) is 18.9 Å². The summed E-state index contributed by atoms with van der Waals surface area (Å²) in [7, 11) is 0. The van der Waals surface area contributed by atoms with Crippen LogP contribution < -0.4 is 5.32 Å². The molecule has 0 radical (unpaired) electrons. The first-order chi connectivity index (χ1) is 9.18. The van der Waals surface area contributed by atoms with Crippen LogP contribution >= 0.6 is 22.7 Å². The maximum atomic E-state index is 4.80. The number of piperazine rings is 1. The number of hydrogen-bond donors (Lipinski definition) is 1. The number of nitrogens with one attached hydrogen (secondary N) is 1. The molecule has 0 bridgehead atoms. The van der Waals surface area contributed by atoms with Crippen LogP contribution in [0, 0.1) is 0 Å². The molecule has 0 aliphatic carbocycles. The summed E-state index contributed by atoms with van der Waals surface area (Å²) in [5.41, 5.74) is 3.85. The Morgan fingerprint density at radius 2 is 2.00 bits per heavy atom. The minimum atomic E-state index is 0.00103. The van der Waals surface area contributed by atoms with E-state index in [0.717, 1.165) is 37.6 Å². The summed E-state index contributed by atoms with van der Waals surface area (Å²) < 4.78 is 0. The SMILES string of the molecule is CC(C)(c1nc(-c2cscn2)cs1)N1CCNCC1. The molecule has 3 heterocycles. The van der Waals surface area contributed by atoms with E-state index in [1.54, 1.807) is 22.7 Å². The molecule has 1 N–H and O–H groups in total.